The van der Waals surface area contributed by atoms with Crippen molar-refractivity contribution >= 4 is 9.84 Å². The first kappa shape index (κ1) is 16.4. The predicted octanol–water partition coefficient (Wildman–Crippen LogP) is 2.32. The summed E-state index contributed by atoms with van der Waals surface area (Å²) < 4.78 is 65.9. The molecule has 112 valence electrons. The molecule has 0 aliphatic carbocycles. The summed E-state index contributed by atoms with van der Waals surface area (Å²) in [5, 5.41) is 0. The fourth-order valence-electron chi connectivity index (χ4n) is 1.37. The molecule has 1 rings (SSSR count). The summed E-state index contributed by atoms with van der Waals surface area (Å²) in [6.45, 7) is 1.50. The molecule has 8 heteroatoms. The van der Waals surface area contributed by atoms with E-state index >= 15 is 0 Å². The van der Waals surface area contributed by atoms with Gasteiger partial charge in [0, 0.05) is 0 Å². The lowest BCUT2D eigenvalue weighted by atomic mass is 10.2. The number of sulfone groups is 1. The monoisotopic (exact) mass is 309 g/mol. The van der Waals surface area contributed by atoms with Gasteiger partial charge in [-0.1, -0.05) is 0 Å². The van der Waals surface area contributed by atoms with Gasteiger partial charge >= 0.3 is 6.18 Å². The maximum Gasteiger partial charge on any atom is 0.416 e. The van der Waals surface area contributed by atoms with Gasteiger partial charge in [-0.3, -0.25) is 0 Å². The SMILES string of the molecule is CO/C(C)=C(\N)CS(=O)(=O)c1ccc(C(F)(F)F)cc1. The lowest BCUT2D eigenvalue weighted by Crippen LogP contribution is -2.16. The molecule has 0 saturated carbocycles. The van der Waals surface area contributed by atoms with Gasteiger partial charge in [-0.15, -0.1) is 0 Å². The van der Waals surface area contributed by atoms with Gasteiger partial charge in [0.15, 0.2) is 9.84 Å². The average Bonchev–Trinajstić information content (AvgIpc) is 2.36. The third-order valence-corrected chi connectivity index (χ3v) is 4.33. The molecule has 0 bridgehead atoms. The van der Waals surface area contributed by atoms with Gasteiger partial charge in [-0.2, -0.15) is 13.2 Å². The van der Waals surface area contributed by atoms with Gasteiger partial charge in [-0.05, 0) is 31.2 Å². The molecule has 4 nitrogen and oxygen atoms in total. The van der Waals surface area contributed by atoms with E-state index in [1.165, 1.54) is 14.0 Å². The van der Waals surface area contributed by atoms with Gasteiger partial charge in [0.1, 0.15) is 5.76 Å². The molecular weight excluding hydrogens is 295 g/mol. The first-order valence-electron chi connectivity index (χ1n) is 5.47. The van der Waals surface area contributed by atoms with Crippen molar-refractivity contribution in [1.29, 1.82) is 0 Å². The molecule has 0 fully saturated rings. The lowest BCUT2D eigenvalue weighted by molar-refractivity contribution is -0.137. The van der Waals surface area contributed by atoms with Crippen molar-refractivity contribution in [3.05, 3.63) is 41.3 Å². The number of ether oxygens (including phenoxy) is 1. The Bertz CT molecular complexity index is 604. The Morgan fingerprint density at radius 1 is 1.25 bits per heavy atom. The summed E-state index contributed by atoms with van der Waals surface area (Å²) in [5.41, 5.74) is 4.64. The molecule has 1 aromatic carbocycles. The molecule has 0 aromatic heterocycles. The molecule has 0 atom stereocenters. The smallest absolute Gasteiger partial charge is 0.416 e. The number of hydrogen-bond acceptors (Lipinski definition) is 4. The van der Waals surface area contributed by atoms with Crippen molar-refractivity contribution in [3.8, 4) is 0 Å². The van der Waals surface area contributed by atoms with Crippen molar-refractivity contribution in [2.75, 3.05) is 12.9 Å². The molecule has 20 heavy (non-hydrogen) atoms. The number of methoxy groups -OCH3 is 1. The van der Waals surface area contributed by atoms with Gasteiger partial charge in [-0.25, -0.2) is 8.42 Å². The van der Waals surface area contributed by atoms with Crippen LogP contribution in [0.25, 0.3) is 0 Å². The fraction of sp³-hybridized carbons (Fsp3) is 0.333. The van der Waals surface area contributed by atoms with Gasteiger partial charge in [0.2, 0.25) is 0 Å². The Labute approximate surface area is 115 Å². The summed E-state index contributed by atoms with van der Waals surface area (Å²) in [6, 6.07) is 3.26. The molecule has 0 spiro atoms. The van der Waals surface area contributed by atoms with Crippen LogP contribution in [-0.2, 0) is 20.8 Å². The third-order valence-electron chi connectivity index (χ3n) is 2.64. The summed E-state index contributed by atoms with van der Waals surface area (Å²) in [6.07, 6.45) is -4.51. The standard InChI is InChI=1S/C12H14F3NO3S/c1-8(19-2)11(16)7-20(17,18)10-5-3-9(4-6-10)12(13,14)15/h3-6H,7,16H2,1-2H3/b11-8-. The third kappa shape index (κ3) is 3.89. The highest BCUT2D eigenvalue weighted by Crippen LogP contribution is 2.29. The average molecular weight is 309 g/mol. The second-order valence-corrected chi connectivity index (χ2v) is 6.06. The van der Waals surface area contributed by atoms with Crippen LogP contribution in [0.15, 0.2) is 40.6 Å². The molecule has 0 heterocycles. The minimum absolute atomic E-state index is 0.00685. The summed E-state index contributed by atoms with van der Waals surface area (Å²) in [5.74, 6) is -0.265. The molecular formula is C12H14F3NO3S. The van der Waals surface area contributed by atoms with Crippen LogP contribution < -0.4 is 5.73 Å². The fourth-order valence-corrected chi connectivity index (χ4v) is 2.70. The number of allylic oxidation sites excluding steroid dienone is 1. The van der Waals surface area contributed by atoms with Crippen molar-refractivity contribution in [2.45, 2.75) is 18.0 Å². The second-order valence-electron chi connectivity index (χ2n) is 4.07. The molecule has 0 saturated heterocycles. The Kier molecular flexibility index (Phi) is 4.69. The van der Waals surface area contributed by atoms with Crippen molar-refractivity contribution in [1.82, 2.24) is 0 Å². The number of rotatable bonds is 4. The van der Waals surface area contributed by atoms with Crippen LogP contribution in [0.1, 0.15) is 12.5 Å². The van der Waals surface area contributed by atoms with Crippen LogP contribution in [-0.4, -0.2) is 21.3 Å². The zero-order valence-corrected chi connectivity index (χ0v) is 11.7. The zero-order valence-electron chi connectivity index (χ0n) is 10.9. The van der Waals surface area contributed by atoms with Crippen LogP contribution in [0.2, 0.25) is 0 Å². The van der Waals surface area contributed by atoms with E-state index in [2.05, 4.69) is 0 Å². The van der Waals surface area contributed by atoms with E-state index in [0.29, 0.717) is 0 Å². The Morgan fingerprint density at radius 3 is 2.15 bits per heavy atom. The molecule has 0 amide bonds. The van der Waals surface area contributed by atoms with E-state index in [1.54, 1.807) is 0 Å². The normalized spacial score (nSPS) is 13.8. The highest BCUT2D eigenvalue weighted by Gasteiger charge is 2.30. The molecule has 0 radical (unpaired) electrons. The van der Waals surface area contributed by atoms with Crippen LogP contribution in [0.3, 0.4) is 0 Å². The van der Waals surface area contributed by atoms with Crippen LogP contribution in [0, 0.1) is 0 Å². The zero-order chi connectivity index (χ0) is 15.6. The van der Waals surface area contributed by atoms with E-state index in [4.69, 9.17) is 10.5 Å². The number of benzene rings is 1. The molecule has 0 unspecified atom stereocenters. The van der Waals surface area contributed by atoms with Crippen LogP contribution in [0.4, 0.5) is 13.2 Å². The maximum atomic E-state index is 12.4. The maximum absolute atomic E-state index is 12.4. The topological polar surface area (TPSA) is 69.4 Å². The van der Waals surface area contributed by atoms with E-state index < -0.39 is 27.3 Å². The largest absolute Gasteiger partial charge is 0.500 e. The second kappa shape index (κ2) is 5.74. The summed E-state index contributed by atoms with van der Waals surface area (Å²) in [4.78, 5) is -0.225. The van der Waals surface area contributed by atoms with Crippen molar-refractivity contribution < 1.29 is 26.3 Å². The minimum atomic E-state index is -4.51. The van der Waals surface area contributed by atoms with Crippen LogP contribution >= 0.6 is 0 Å². The van der Waals surface area contributed by atoms with Crippen molar-refractivity contribution in [3.63, 3.8) is 0 Å². The first-order chi connectivity index (χ1) is 9.08. The van der Waals surface area contributed by atoms with E-state index in [9.17, 15) is 21.6 Å². The summed E-state index contributed by atoms with van der Waals surface area (Å²) >= 11 is 0. The lowest BCUT2D eigenvalue weighted by Gasteiger charge is -2.10. The Balaban J connectivity index is 3.06. The van der Waals surface area contributed by atoms with Gasteiger partial charge in [0.25, 0.3) is 0 Å². The van der Waals surface area contributed by atoms with Gasteiger partial charge < -0.3 is 10.5 Å². The van der Waals surface area contributed by atoms with Crippen LogP contribution in [0.5, 0.6) is 0 Å². The molecule has 0 aliphatic heterocycles. The quantitative estimate of drug-likeness (QED) is 0.867. The minimum Gasteiger partial charge on any atom is -0.500 e. The highest BCUT2D eigenvalue weighted by atomic mass is 32.2. The van der Waals surface area contributed by atoms with Crippen molar-refractivity contribution in [2.24, 2.45) is 5.73 Å². The van der Waals surface area contributed by atoms with E-state index in [1.807, 2.05) is 0 Å². The highest BCUT2D eigenvalue weighted by molar-refractivity contribution is 7.91. The van der Waals surface area contributed by atoms with Gasteiger partial charge in [0.05, 0.1) is 29.0 Å². The van der Waals surface area contributed by atoms with E-state index in [0.717, 1.165) is 24.3 Å². The molecule has 2 N–H and O–H groups in total. The Morgan fingerprint density at radius 2 is 1.75 bits per heavy atom. The number of halogens is 3. The number of hydrogen-bond donors (Lipinski definition) is 1. The Hall–Kier alpha value is -1.70. The summed E-state index contributed by atoms with van der Waals surface area (Å²) in [7, 11) is -2.47. The molecule has 1 aromatic rings. The molecule has 0 aliphatic rings. The predicted molar refractivity (Wildman–Crippen MR) is 67.4 cm³/mol. The number of nitrogens with two attached hydrogens (primary N) is 1. The van der Waals surface area contributed by atoms with E-state index in [-0.39, 0.29) is 16.4 Å². The first-order valence-corrected chi connectivity index (χ1v) is 7.12. The number of alkyl halides is 3.